The molecule has 0 aliphatic carbocycles. The van der Waals surface area contributed by atoms with Crippen molar-refractivity contribution >= 4 is 5.91 Å². The highest BCUT2D eigenvalue weighted by Crippen LogP contribution is 2.20. The summed E-state index contributed by atoms with van der Waals surface area (Å²) in [5.74, 6) is 0.626. The number of hydrogen-bond acceptors (Lipinski definition) is 2. The van der Waals surface area contributed by atoms with Crippen LogP contribution in [0.4, 0.5) is 0 Å². The molecule has 1 fully saturated rings. The van der Waals surface area contributed by atoms with Crippen molar-refractivity contribution in [1.82, 2.24) is 4.90 Å². The monoisotopic (exact) mass is 260 g/mol. The zero-order valence-corrected chi connectivity index (χ0v) is 11.9. The number of amides is 1. The number of piperidine rings is 1. The maximum atomic E-state index is 12.5. The molecule has 0 saturated carbocycles. The molecule has 1 saturated heterocycles. The lowest BCUT2D eigenvalue weighted by Crippen LogP contribution is -2.47. The molecule has 1 aromatic rings. The van der Waals surface area contributed by atoms with Crippen molar-refractivity contribution in [2.75, 3.05) is 13.1 Å². The first-order valence-corrected chi connectivity index (χ1v) is 7.24. The van der Waals surface area contributed by atoms with Crippen molar-refractivity contribution < 1.29 is 4.79 Å². The van der Waals surface area contributed by atoms with Crippen molar-refractivity contribution in [2.45, 2.75) is 45.1 Å². The third-order valence-corrected chi connectivity index (χ3v) is 3.98. The Labute approximate surface area is 115 Å². The first kappa shape index (κ1) is 14.1. The van der Waals surface area contributed by atoms with Gasteiger partial charge in [-0.25, -0.2) is 0 Å². The molecule has 2 rings (SSSR count). The van der Waals surface area contributed by atoms with Crippen LogP contribution in [0.2, 0.25) is 0 Å². The Balaban J connectivity index is 2.13. The second-order valence-corrected chi connectivity index (χ2v) is 5.66. The molecule has 104 valence electrons. The molecular weight excluding hydrogens is 236 g/mol. The summed E-state index contributed by atoms with van der Waals surface area (Å²) < 4.78 is 0. The van der Waals surface area contributed by atoms with Crippen LogP contribution in [-0.2, 0) is 0 Å². The molecule has 1 heterocycles. The van der Waals surface area contributed by atoms with Crippen LogP contribution in [0.1, 0.15) is 54.9 Å². The number of rotatable bonds is 3. The van der Waals surface area contributed by atoms with Crippen LogP contribution in [-0.4, -0.2) is 29.9 Å². The summed E-state index contributed by atoms with van der Waals surface area (Å²) in [7, 11) is 0. The number of nitrogens with two attached hydrogens (primary N) is 1. The molecule has 0 spiro atoms. The number of nitrogens with zero attached hydrogens (tertiary/aromatic N) is 1. The van der Waals surface area contributed by atoms with Crippen LogP contribution < -0.4 is 5.73 Å². The molecule has 1 amide bonds. The smallest absolute Gasteiger partial charge is 0.254 e. The summed E-state index contributed by atoms with van der Waals surface area (Å²) in [6, 6.07) is 8.21. The third kappa shape index (κ3) is 3.16. The Kier molecular flexibility index (Phi) is 4.59. The van der Waals surface area contributed by atoms with Gasteiger partial charge in [-0.15, -0.1) is 0 Å². The van der Waals surface area contributed by atoms with Crippen molar-refractivity contribution in [3.8, 4) is 0 Å². The Morgan fingerprint density at radius 1 is 1.32 bits per heavy atom. The van der Waals surface area contributed by atoms with E-state index >= 15 is 0 Å². The summed E-state index contributed by atoms with van der Waals surface area (Å²) >= 11 is 0. The highest BCUT2D eigenvalue weighted by atomic mass is 16.2. The van der Waals surface area contributed by atoms with Crippen LogP contribution in [0.5, 0.6) is 0 Å². The number of carbonyl (C=O) groups excluding carboxylic acids is 1. The van der Waals surface area contributed by atoms with Gasteiger partial charge in [0.05, 0.1) is 0 Å². The van der Waals surface area contributed by atoms with E-state index in [2.05, 4.69) is 26.0 Å². The van der Waals surface area contributed by atoms with E-state index in [1.165, 1.54) is 12.0 Å². The van der Waals surface area contributed by atoms with Crippen LogP contribution in [0.25, 0.3) is 0 Å². The Bertz CT molecular complexity index is 425. The van der Waals surface area contributed by atoms with Gasteiger partial charge in [0.1, 0.15) is 0 Å². The lowest BCUT2D eigenvalue weighted by atomic mass is 9.99. The maximum absolute atomic E-state index is 12.5. The van der Waals surface area contributed by atoms with E-state index in [-0.39, 0.29) is 11.9 Å². The van der Waals surface area contributed by atoms with Gasteiger partial charge in [0, 0.05) is 24.7 Å². The van der Waals surface area contributed by atoms with Crippen molar-refractivity contribution in [1.29, 1.82) is 0 Å². The van der Waals surface area contributed by atoms with Crippen molar-refractivity contribution in [3.05, 3.63) is 35.4 Å². The average molecular weight is 260 g/mol. The zero-order chi connectivity index (χ0) is 13.8. The second-order valence-electron chi connectivity index (χ2n) is 5.66. The zero-order valence-electron chi connectivity index (χ0n) is 11.9. The number of hydrogen-bond donors (Lipinski definition) is 1. The minimum absolute atomic E-state index is 0.130. The number of carbonyl (C=O) groups is 1. The van der Waals surface area contributed by atoms with Gasteiger partial charge < -0.3 is 10.6 Å². The molecule has 0 aromatic heterocycles. The Morgan fingerprint density at radius 3 is 2.58 bits per heavy atom. The molecule has 1 unspecified atom stereocenters. The summed E-state index contributed by atoms with van der Waals surface area (Å²) in [6.45, 7) is 5.72. The summed E-state index contributed by atoms with van der Waals surface area (Å²) in [5, 5.41) is 0. The van der Waals surface area contributed by atoms with Gasteiger partial charge in [-0.2, -0.15) is 0 Å². The Morgan fingerprint density at radius 2 is 2.00 bits per heavy atom. The molecule has 1 aliphatic heterocycles. The van der Waals surface area contributed by atoms with E-state index in [1.54, 1.807) is 0 Å². The number of likely N-dealkylation sites (tertiary alicyclic amines) is 1. The molecule has 19 heavy (non-hydrogen) atoms. The molecule has 3 heteroatoms. The lowest BCUT2D eigenvalue weighted by Gasteiger charge is -2.35. The molecule has 2 N–H and O–H groups in total. The molecule has 1 aromatic carbocycles. The third-order valence-electron chi connectivity index (χ3n) is 3.98. The Hall–Kier alpha value is -1.35. The van der Waals surface area contributed by atoms with E-state index in [1.807, 2.05) is 17.0 Å². The summed E-state index contributed by atoms with van der Waals surface area (Å²) in [5.41, 5.74) is 7.83. The molecule has 0 radical (unpaired) electrons. The fourth-order valence-corrected chi connectivity index (χ4v) is 2.69. The van der Waals surface area contributed by atoms with Crippen LogP contribution in [0.15, 0.2) is 24.3 Å². The van der Waals surface area contributed by atoms with Crippen LogP contribution in [0.3, 0.4) is 0 Å². The van der Waals surface area contributed by atoms with Gasteiger partial charge in [-0.3, -0.25) is 4.79 Å². The molecule has 0 bridgehead atoms. The fourth-order valence-electron chi connectivity index (χ4n) is 2.69. The maximum Gasteiger partial charge on any atom is 0.254 e. The minimum atomic E-state index is 0.130. The lowest BCUT2D eigenvalue weighted by molar-refractivity contribution is 0.0623. The fraction of sp³-hybridized carbons (Fsp3) is 0.562. The first-order valence-electron chi connectivity index (χ1n) is 7.24. The number of benzene rings is 1. The summed E-state index contributed by atoms with van der Waals surface area (Å²) in [4.78, 5) is 14.5. The molecular formula is C16H24N2O. The SMILES string of the molecule is CC(C)c1ccc(C(=O)N2CCCCC2CN)cc1. The first-order chi connectivity index (χ1) is 9.13. The highest BCUT2D eigenvalue weighted by Gasteiger charge is 2.26. The normalized spacial score (nSPS) is 19.8. The van der Waals surface area contributed by atoms with E-state index in [0.29, 0.717) is 12.5 Å². The van der Waals surface area contributed by atoms with E-state index < -0.39 is 0 Å². The average Bonchev–Trinajstić information content (AvgIpc) is 2.46. The van der Waals surface area contributed by atoms with E-state index in [9.17, 15) is 4.79 Å². The van der Waals surface area contributed by atoms with E-state index in [4.69, 9.17) is 5.73 Å². The van der Waals surface area contributed by atoms with Crippen molar-refractivity contribution in [2.24, 2.45) is 5.73 Å². The van der Waals surface area contributed by atoms with Gasteiger partial charge in [-0.1, -0.05) is 26.0 Å². The molecule has 3 nitrogen and oxygen atoms in total. The summed E-state index contributed by atoms with van der Waals surface area (Å²) in [6.07, 6.45) is 3.30. The van der Waals surface area contributed by atoms with Gasteiger partial charge in [-0.05, 0) is 42.9 Å². The van der Waals surface area contributed by atoms with Crippen LogP contribution in [0, 0.1) is 0 Å². The molecule has 1 atom stereocenters. The van der Waals surface area contributed by atoms with Crippen LogP contribution >= 0.6 is 0 Å². The van der Waals surface area contributed by atoms with E-state index in [0.717, 1.165) is 24.9 Å². The van der Waals surface area contributed by atoms with Gasteiger partial charge >= 0.3 is 0 Å². The topological polar surface area (TPSA) is 46.3 Å². The highest BCUT2D eigenvalue weighted by molar-refractivity contribution is 5.94. The van der Waals surface area contributed by atoms with Gasteiger partial charge in [0.2, 0.25) is 0 Å². The van der Waals surface area contributed by atoms with Gasteiger partial charge in [0.15, 0.2) is 0 Å². The predicted octanol–water partition coefficient (Wildman–Crippen LogP) is 2.76. The standard InChI is InChI=1S/C16H24N2O/c1-12(2)13-6-8-14(9-7-13)16(19)18-10-4-3-5-15(18)11-17/h6-9,12,15H,3-5,10-11,17H2,1-2H3. The van der Waals surface area contributed by atoms with Crippen molar-refractivity contribution in [3.63, 3.8) is 0 Å². The minimum Gasteiger partial charge on any atom is -0.334 e. The second kappa shape index (κ2) is 6.20. The van der Waals surface area contributed by atoms with Gasteiger partial charge in [0.25, 0.3) is 5.91 Å². The predicted molar refractivity (Wildman–Crippen MR) is 78.3 cm³/mol. The molecule has 1 aliphatic rings. The largest absolute Gasteiger partial charge is 0.334 e. The quantitative estimate of drug-likeness (QED) is 0.908.